The lowest BCUT2D eigenvalue weighted by atomic mass is 10.0. The third-order valence-corrected chi connectivity index (χ3v) is 5.12. The molecule has 3 aromatic rings. The van der Waals surface area contributed by atoms with Gasteiger partial charge in [0.2, 0.25) is 0 Å². The van der Waals surface area contributed by atoms with E-state index in [1.807, 2.05) is 24.3 Å². The number of aromatic hydroxyl groups is 1. The van der Waals surface area contributed by atoms with Crippen molar-refractivity contribution in [2.24, 2.45) is 4.99 Å². The molecule has 7 heteroatoms. The largest absolute Gasteiger partial charge is 0.507 e. The molecule has 1 fully saturated rings. The fourth-order valence-electron chi connectivity index (χ4n) is 3.77. The van der Waals surface area contributed by atoms with Crippen molar-refractivity contribution in [3.8, 4) is 17.0 Å². The van der Waals surface area contributed by atoms with E-state index in [1.54, 1.807) is 19.3 Å². The Kier molecular flexibility index (Phi) is 5.07. The number of rotatable bonds is 4. The number of hydrogen-bond acceptors (Lipinski definition) is 7. The third-order valence-electron chi connectivity index (χ3n) is 5.12. The summed E-state index contributed by atoms with van der Waals surface area (Å²) in [5, 5.41) is 14.0. The van der Waals surface area contributed by atoms with Crippen molar-refractivity contribution in [3.63, 3.8) is 0 Å². The van der Waals surface area contributed by atoms with Gasteiger partial charge in [-0.05, 0) is 51.1 Å². The lowest BCUT2D eigenvalue weighted by Gasteiger charge is -2.43. The number of benzene rings is 1. The summed E-state index contributed by atoms with van der Waals surface area (Å²) in [6.45, 7) is 8.45. The van der Waals surface area contributed by atoms with Crippen molar-refractivity contribution in [2.75, 3.05) is 30.8 Å². The van der Waals surface area contributed by atoms with Crippen molar-refractivity contribution >= 4 is 28.8 Å². The minimum absolute atomic E-state index is 0.0927. The third kappa shape index (κ3) is 4.07. The van der Waals surface area contributed by atoms with E-state index in [9.17, 15) is 5.11 Å². The fraction of sp³-hybridized carbons (Fsp3) is 0.348. The van der Waals surface area contributed by atoms with Gasteiger partial charge in [0.1, 0.15) is 11.6 Å². The van der Waals surface area contributed by atoms with Crippen LogP contribution in [0.1, 0.15) is 26.3 Å². The van der Waals surface area contributed by atoms with E-state index in [4.69, 9.17) is 15.7 Å². The van der Waals surface area contributed by atoms with E-state index in [1.165, 1.54) is 6.07 Å². The molecule has 1 aliphatic heterocycles. The number of nitrogens with two attached hydrogens (primary N) is 1. The maximum atomic E-state index is 10.4. The monoisotopic (exact) mass is 404 g/mol. The Balaban J connectivity index is 1.58. The Bertz CT molecular complexity index is 1110. The van der Waals surface area contributed by atoms with Crippen LogP contribution in [-0.2, 0) is 0 Å². The number of aromatic nitrogens is 2. The maximum absolute atomic E-state index is 10.4. The quantitative estimate of drug-likeness (QED) is 0.456. The molecule has 0 bridgehead atoms. The molecule has 0 amide bonds. The van der Waals surface area contributed by atoms with Gasteiger partial charge in [0, 0.05) is 60.8 Å². The fourth-order valence-corrected chi connectivity index (χ4v) is 3.77. The van der Waals surface area contributed by atoms with Crippen LogP contribution in [0.3, 0.4) is 0 Å². The topological polar surface area (TPSA) is 99.7 Å². The van der Waals surface area contributed by atoms with E-state index in [0.717, 1.165) is 35.5 Å². The van der Waals surface area contributed by atoms with Crippen LogP contribution in [0.5, 0.6) is 5.75 Å². The smallest absolute Gasteiger partial charge is 0.129 e. The number of nitrogen functional groups attached to an aromatic ring is 1. The molecule has 0 unspecified atom stereocenters. The van der Waals surface area contributed by atoms with Gasteiger partial charge in [0.25, 0.3) is 0 Å². The lowest BCUT2D eigenvalue weighted by molar-refractivity contribution is 0.315. The summed E-state index contributed by atoms with van der Waals surface area (Å²) in [6, 6.07) is 11.6. The van der Waals surface area contributed by atoms with Gasteiger partial charge < -0.3 is 21.1 Å². The number of aliphatic imine (C=N–C) groups is 1. The molecule has 30 heavy (non-hydrogen) atoms. The van der Waals surface area contributed by atoms with E-state index in [-0.39, 0.29) is 11.3 Å². The molecule has 0 aliphatic carbocycles. The second kappa shape index (κ2) is 7.57. The Labute approximate surface area is 176 Å². The first kappa shape index (κ1) is 20.1. The van der Waals surface area contributed by atoms with Gasteiger partial charge >= 0.3 is 0 Å². The summed E-state index contributed by atoms with van der Waals surface area (Å²) in [5.74, 6) is 1.05. The molecule has 1 aliphatic rings. The highest BCUT2D eigenvalue weighted by molar-refractivity contribution is 5.91. The number of nitrogens with one attached hydrogen (secondary N) is 1. The minimum atomic E-state index is 0.0927. The van der Waals surface area contributed by atoms with Crippen LogP contribution in [0, 0.1) is 0 Å². The summed E-state index contributed by atoms with van der Waals surface area (Å²) in [5.41, 5.74) is 10.2. The standard InChI is InChI=1S/C23H28N6O/c1-23(2,3)28-15-12-29(13-15)22-8-7-19-20(27-22)6-5-18(26-19)16-9-14(11-25-4)17(24)10-21(16)30/h5-11,15,28,30H,12-13,24H2,1-4H3. The summed E-state index contributed by atoms with van der Waals surface area (Å²) in [7, 11) is 1.68. The van der Waals surface area contributed by atoms with Crippen LogP contribution in [0.2, 0.25) is 0 Å². The SMILES string of the molecule is CN=Cc1cc(-c2ccc3nc(N4CC(NC(C)(C)C)C4)ccc3n2)c(O)cc1N. The molecule has 1 saturated heterocycles. The van der Waals surface area contributed by atoms with Crippen LogP contribution >= 0.6 is 0 Å². The van der Waals surface area contributed by atoms with Gasteiger partial charge in [-0.3, -0.25) is 4.99 Å². The Hall–Kier alpha value is -3.19. The summed E-state index contributed by atoms with van der Waals surface area (Å²) in [4.78, 5) is 15.8. The molecule has 1 aromatic carbocycles. The van der Waals surface area contributed by atoms with Crippen LogP contribution < -0.4 is 16.0 Å². The molecule has 0 atom stereocenters. The highest BCUT2D eigenvalue weighted by Gasteiger charge is 2.30. The van der Waals surface area contributed by atoms with Crippen molar-refractivity contribution in [2.45, 2.75) is 32.4 Å². The molecule has 2 aromatic heterocycles. The summed E-state index contributed by atoms with van der Waals surface area (Å²) in [6.07, 6.45) is 1.67. The van der Waals surface area contributed by atoms with E-state index in [0.29, 0.717) is 23.0 Å². The van der Waals surface area contributed by atoms with Gasteiger partial charge in [0.05, 0.1) is 16.7 Å². The van der Waals surface area contributed by atoms with Gasteiger partial charge in [-0.25, -0.2) is 9.97 Å². The lowest BCUT2D eigenvalue weighted by Crippen LogP contribution is -2.62. The molecule has 0 saturated carbocycles. The first-order chi connectivity index (χ1) is 14.2. The molecular formula is C23H28N6O. The predicted molar refractivity (Wildman–Crippen MR) is 123 cm³/mol. The zero-order chi connectivity index (χ0) is 21.5. The molecule has 4 rings (SSSR count). The van der Waals surface area contributed by atoms with Crippen molar-refractivity contribution in [1.29, 1.82) is 0 Å². The Morgan fingerprint density at radius 1 is 1.13 bits per heavy atom. The highest BCUT2D eigenvalue weighted by Crippen LogP contribution is 2.33. The van der Waals surface area contributed by atoms with Gasteiger partial charge in [0.15, 0.2) is 0 Å². The molecule has 0 spiro atoms. The number of phenolic OH excluding ortho intramolecular Hbond substituents is 1. The maximum Gasteiger partial charge on any atom is 0.129 e. The van der Waals surface area contributed by atoms with E-state index < -0.39 is 0 Å². The average molecular weight is 405 g/mol. The van der Waals surface area contributed by atoms with Gasteiger partial charge in [-0.2, -0.15) is 0 Å². The van der Waals surface area contributed by atoms with Gasteiger partial charge in [-0.1, -0.05) is 0 Å². The van der Waals surface area contributed by atoms with Crippen LogP contribution in [0.25, 0.3) is 22.3 Å². The molecular weight excluding hydrogens is 376 g/mol. The zero-order valence-electron chi connectivity index (χ0n) is 17.8. The summed E-state index contributed by atoms with van der Waals surface area (Å²) >= 11 is 0. The zero-order valence-corrected chi connectivity index (χ0v) is 17.8. The molecule has 3 heterocycles. The van der Waals surface area contributed by atoms with E-state index >= 15 is 0 Å². The molecule has 156 valence electrons. The van der Waals surface area contributed by atoms with Crippen LogP contribution in [-0.4, -0.2) is 53.0 Å². The number of phenols is 1. The molecule has 7 nitrogen and oxygen atoms in total. The van der Waals surface area contributed by atoms with Crippen molar-refractivity contribution < 1.29 is 5.11 Å². The number of pyridine rings is 2. The molecule has 0 radical (unpaired) electrons. The van der Waals surface area contributed by atoms with E-state index in [2.05, 4.69) is 36.0 Å². The average Bonchev–Trinajstić information content (AvgIpc) is 2.65. The number of nitrogens with zero attached hydrogens (tertiary/aromatic N) is 4. The Morgan fingerprint density at radius 3 is 2.53 bits per heavy atom. The van der Waals surface area contributed by atoms with Gasteiger partial charge in [-0.15, -0.1) is 0 Å². The van der Waals surface area contributed by atoms with Crippen molar-refractivity contribution in [3.05, 3.63) is 42.0 Å². The predicted octanol–water partition coefficient (Wildman–Crippen LogP) is 3.21. The molecule has 4 N–H and O–H groups in total. The minimum Gasteiger partial charge on any atom is -0.507 e. The van der Waals surface area contributed by atoms with Crippen LogP contribution in [0.15, 0.2) is 41.4 Å². The first-order valence-corrected chi connectivity index (χ1v) is 10.1. The number of hydrogen-bond donors (Lipinski definition) is 3. The number of fused-ring (bicyclic) bond motifs is 1. The number of anilines is 2. The van der Waals surface area contributed by atoms with Crippen molar-refractivity contribution in [1.82, 2.24) is 15.3 Å². The van der Waals surface area contributed by atoms with Crippen LogP contribution in [0.4, 0.5) is 11.5 Å². The summed E-state index contributed by atoms with van der Waals surface area (Å²) < 4.78 is 0. The Morgan fingerprint density at radius 2 is 1.83 bits per heavy atom. The second-order valence-corrected chi connectivity index (χ2v) is 8.79. The highest BCUT2D eigenvalue weighted by atomic mass is 16.3. The first-order valence-electron chi connectivity index (χ1n) is 10.1. The second-order valence-electron chi connectivity index (χ2n) is 8.79. The normalized spacial score (nSPS) is 15.1.